The first kappa shape index (κ1) is 13.1. The third kappa shape index (κ3) is 2.29. The van der Waals surface area contributed by atoms with E-state index < -0.39 is 5.92 Å². The van der Waals surface area contributed by atoms with Crippen LogP contribution in [0.25, 0.3) is 0 Å². The van der Waals surface area contributed by atoms with Crippen LogP contribution < -0.4 is 5.73 Å². The zero-order valence-electron chi connectivity index (χ0n) is 10.7. The lowest BCUT2D eigenvalue weighted by Gasteiger charge is -2.39. The van der Waals surface area contributed by atoms with E-state index >= 15 is 0 Å². The van der Waals surface area contributed by atoms with E-state index in [1.54, 1.807) is 0 Å². The molecule has 2 rings (SSSR count). The number of fused-ring (bicyclic) bond motifs is 1. The van der Waals surface area contributed by atoms with Crippen molar-refractivity contribution in [3.63, 3.8) is 0 Å². The summed E-state index contributed by atoms with van der Waals surface area (Å²) in [5, 5.41) is 11.7. The van der Waals surface area contributed by atoms with Gasteiger partial charge >= 0.3 is 0 Å². The standard InChI is InChI=1S/C12H21N3O3/c1-2-8(11(13)14-17)12(16)15-6-7-18-10-5-3-4-9(10)15/h8-10,17H,2-7H2,1H3,(H2,13,14). The Morgan fingerprint density at radius 2 is 2.39 bits per heavy atom. The van der Waals surface area contributed by atoms with Gasteiger partial charge in [-0.05, 0) is 25.7 Å². The van der Waals surface area contributed by atoms with Gasteiger partial charge < -0.3 is 20.6 Å². The first-order valence-electron chi connectivity index (χ1n) is 6.58. The normalized spacial score (nSPS) is 30.1. The molecule has 6 heteroatoms. The van der Waals surface area contributed by atoms with Crippen molar-refractivity contribution in [2.45, 2.75) is 44.8 Å². The molecule has 18 heavy (non-hydrogen) atoms. The van der Waals surface area contributed by atoms with E-state index in [1.165, 1.54) is 0 Å². The van der Waals surface area contributed by atoms with Gasteiger partial charge in [-0.2, -0.15) is 0 Å². The molecule has 0 spiro atoms. The zero-order chi connectivity index (χ0) is 13.1. The molecule has 1 saturated carbocycles. The Balaban J connectivity index is 2.11. The van der Waals surface area contributed by atoms with Gasteiger partial charge in [0, 0.05) is 6.54 Å². The maximum absolute atomic E-state index is 12.5. The summed E-state index contributed by atoms with van der Waals surface area (Å²) < 4.78 is 5.68. The number of hydrogen-bond acceptors (Lipinski definition) is 4. The second-order valence-electron chi connectivity index (χ2n) is 4.92. The molecule has 3 unspecified atom stereocenters. The quantitative estimate of drug-likeness (QED) is 0.333. The Hall–Kier alpha value is -1.30. The van der Waals surface area contributed by atoms with Gasteiger partial charge in [0.2, 0.25) is 5.91 Å². The molecule has 1 heterocycles. The minimum Gasteiger partial charge on any atom is -0.409 e. The fourth-order valence-electron chi connectivity index (χ4n) is 2.98. The maximum Gasteiger partial charge on any atom is 0.233 e. The van der Waals surface area contributed by atoms with Gasteiger partial charge in [0.1, 0.15) is 0 Å². The number of nitrogens with zero attached hydrogens (tertiary/aromatic N) is 2. The highest BCUT2D eigenvalue weighted by molar-refractivity contribution is 6.02. The SMILES string of the molecule is CCC(C(=O)N1CCOC2CCCC21)C(N)=NO. The summed E-state index contributed by atoms with van der Waals surface area (Å²) in [5.41, 5.74) is 5.59. The van der Waals surface area contributed by atoms with Crippen molar-refractivity contribution in [3.8, 4) is 0 Å². The lowest BCUT2D eigenvalue weighted by Crippen LogP contribution is -2.54. The molecule has 0 aromatic heterocycles. The number of ether oxygens (including phenoxy) is 1. The Kier molecular flexibility index (Phi) is 4.06. The van der Waals surface area contributed by atoms with Crippen molar-refractivity contribution in [3.05, 3.63) is 0 Å². The lowest BCUT2D eigenvalue weighted by atomic mass is 10.0. The van der Waals surface area contributed by atoms with Gasteiger partial charge in [0.25, 0.3) is 0 Å². The number of morpholine rings is 1. The van der Waals surface area contributed by atoms with Crippen molar-refractivity contribution in [1.29, 1.82) is 0 Å². The predicted molar refractivity (Wildman–Crippen MR) is 66.3 cm³/mol. The van der Waals surface area contributed by atoms with Crippen LogP contribution in [0.5, 0.6) is 0 Å². The van der Waals surface area contributed by atoms with E-state index in [2.05, 4.69) is 5.16 Å². The average molecular weight is 255 g/mol. The molecule has 1 aliphatic heterocycles. The number of amidine groups is 1. The number of rotatable bonds is 3. The molecule has 0 bridgehead atoms. The highest BCUT2D eigenvalue weighted by Gasteiger charge is 2.40. The molecule has 102 valence electrons. The van der Waals surface area contributed by atoms with E-state index in [0.29, 0.717) is 19.6 Å². The van der Waals surface area contributed by atoms with E-state index in [9.17, 15) is 4.79 Å². The lowest BCUT2D eigenvalue weighted by molar-refractivity contribution is -0.146. The van der Waals surface area contributed by atoms with Crippen molar-refractivity contribution in [2.24, 2.45) is 16.8 Å². The largest absolute Gasteiger partial charge is 0.409 e. The molecular formula is C12H21N3O3. The van der Waals surface area contributed by atoms with Gasteiger partial charge in [-0.3, -0.25) is 4.79 Å². The molecule has 0 aromatic rings. The first-order valence-corrected chi connectivity index (χ1v) is 6.58. The van der Waals surface area contributed by atoms with Gasteiger partial charge in [-0.15, -0.1) is 0 Å². The molecule has 3 N–H and O–H groups in total. The maximum atomic E-state index is 12.5. The van der Waals surface area contributed by atoms with Crippen LogP contribution in [0, 0.1) is 5.92 Å². The molecule has 1 saturated heterocycles. The van der Waals surface area contributed by atoms with Gasteiger partial charge in [-0.1, -0.05) is 12.1 Å². The number of nitrogens with two attached hydrogens (primary N) is 1. The van der Waals surface area contributed by atoms with Gasteiger partial charge in [-0.25, -0.2) is 0 Å². The van der Waals surface area contributed by atoms with Crippen LogP contribution in [-0.4, -0.2) is 47.1 Å². The minimum atomic E-state index is -0.519. The summed E-state index contributed by atoms with van der Waals surface area (Å²) in [5.74, 6) is -0.550. The second-order valence-corrected chi connectivity index (χ2v) is 4.92. The van der Waals surface area contributed by atoms with E-state index in [1.807, 2.05) is 11.8 Å². The van der Waals surface area contributed by atoms with E-state index in [-0.39, 0.29) is 23.9 Å². The Morgan fingerprint density at radius 3 is 3.06 bits per heavy atom. The van der Waals surface area contributed by atoms with E-state index in [0.717, 1.165) is 19.3 Å². The van der Waals surface area contributed by atoms with Crippen LogP contribution in [0.15, 0.2) is 5.16 Å². The van der Waals surface area contributed by atoms with E-state index in [4.69, 9.17) is 15.7 Å². The third-order valence-electron chi connectivity index (χ3n) is 3.94. The number of amides is 1. The molecule has 1 amide bonds. The second kappa shape index (κ2) is 5.56. The minimum absolute atomic E-state index is 0.00328. The first-order chi connectivity index (χ1) is 8.69. The van der Waals surface area contributed by atoms with Gasteiger partial charge in [0.15, 0.2) is 5.84 Å². The summed E-state index contributed by atoms with van der Waals surface area (Å²) in [6.45, 7) is 3.06. The molecular weight excluding hydrogens is 234 g/mol. The smallest absolute Gasteiger partial charge is 0.233 e. The fraction of sp³-hybridized carbons (Fsp3) is 0.833. The summed E-state index contributed by atoms with van der Waals surface area (Å²) in [7, 11) is 0. The number of carbonyl (C=O) groups is 1. The summed E-state index contributed by atoms with van der Waals surface area (Å²) in [6.07, 6.45) is 3.83. The van der Waals surface area contributed by atoms with Crippen LogP contribution in [-0.2, 0) is 9.53 Å². The summed E-state index contributed by atoms with van der Waals surface area (Å²) in [4.78, 5) is 14.3. The molecule has 3 atom stereocenters. The molecule has 1 aliphatic carbocycles. The molecule has 2 fully saturated rings. The molecule has 2 aliphatic rings. The van der Waals surface area contributed by atoms with Crippen molar-refractivity contribution in [2.75, 3.05) is 13.2 Å². The van der Waals surface area contributed by atoms with Crippen LogP contribution in [0.4, 0.5) is 0 Å². The van der Waals surface area contributed by atoms with Crippen LogP contribution in [0.2, 0.25) is 0 Å². The highest BCUT2D eigenvalue weighted by Crippen LogP contribution is 2.30. The Morgan fingerprint density at radius 1 is 1.61 bits per heavy atom. The summed E-state index contributed by atoms with van der Waals surface area (Å²) >= 11 is 0. The summed E-state index contributed by atoms with van der Waals surface area (Å²) in [6, 6.07) is 0.173. The molecule has 6 nitrogen and oxygen atoms in total. The highest BCUT2D eigenvalue weighted by atomic mass is 16.5. The van der Waals surface area contributed by atoms with Crippen molar-refractivity contribution >= 4 is 11.7 Å². The molecule has 0 aromatic carbocycles. The number of carbonyl (C=O) groups excluding carboxylic acids is 1. The molecule has 0 radical (unpaired) electrons. The third-order valence-corrected chi connectivity index (χ3v) is 3.94. The monoisotopic (exact) mass is 255 g/mol. The topological polar surface area (TPSA) is 88.2 Å². The van der Waals surface area contributed by atoms with Crippen LogP contribution >= 0.6 is 0 Å². The van der Waals surface area contributed by atoms with Gasteiger partial charge in [0.05, 0.1) is 24.7 Å². The Labute approximate surface area is 107 Å². The number of hydrogen-bond donors (Lipinski definition) is 2. The zero-order valence-corrected chi connectivity index (χ0v) is 10.7. The van der Waals surface area contributed by atoms with Crippen LogP contribution in [0.1, 0.15) is 32.6 Å². The van der Waals surface area contributed by atoms with Crippen molar-refractivity contribution < 1.29 is 14.7 Å². The average Bonchev–Trinajstić information content (AvgIpc) is 2.87. The number of oxime groups is 1. The predicted octanol–water partition coefficient (Wildman–Crippen LogP) is 0.539. The fourth-order valence-corrected chi connectivity index (χ4v) is 2.98. The van der Waals surface area contributed by atoms with Crippen molar-refractivity contribution in [1.82, 2.24) is 4.90 Å². The Bertz CT molecular complexity index is 345. The van der Waals surface area contributed by atoms with Crippen LogP contribution in [0.3, 0.4) is 0 Å².